The standard InChI is InChI=1S/C4H13N3O3.ClH/c1-5(8)4(6(2)9)7(3)10;/h4,8-10H,1-3H3;1H. The maximum absolute atomic E-state index is 8.78. The number of rotatable bonds is 3. The lowest BCUT2D eigenvalue weighted by Crippen LogP contribution is -2.51. The highest BCUT2D eigenvalue weighted by Crippen LogP contribution is 1.97. The Kier molecular flexibility index (Phi) is 7.02. The van der Waals surface area contributed by atoms with Gasteiger partial charge in [0.15, 0.2) is 6.29 Å². The van der Waals surface area contributed by atoms with Crippen molar-refractivity contribution in [3.63, 3.8) is 0 Å². The molecule has 0 fully saturated rings. The molecule has 70 valence electrons. The molecule has 0 aliphatic carbocycles. The fourth-order valence-electron chi connectivity index (χ4n) is 0.726. The van der Waals surface area contributed by atoms with Crippen molar-refractivity contribution in [2.75, 3.05) is 21.1 Å². The summed E-state index contributed by atoms with van der Waals surface area (Å²) in [6, 6.07) is 0. The molecule has 0 radical (unpaired) electrons. The predicted octanol–water partition coefficient (Wildman–Crippen LogP) is -0.345. The third-order valence-electron chi connectivity index (χ3n) is 1.00. The Morgan fingerprint density at radius 1 is 0.818 bits per heavy atom. The Balaban J connectivity index is 0. The number of hydrogen-bond acceptors (Lipinski definition) is 6. The molecule has 0 aliphatic heterocycles. The van der Waals surface area contributed by atoms with Gasteiger partial charge in [-0.25, -0.2) is 0 Å². The predicted molar refractivity (Wildman–Crippen MR) is 39.7 cm³/mol. The minimum Gasteiger partial charge on any atom is -0.311 e. The zero-order valence-corrected chi connectivity index (χ0v) is 7.49. The molecular weight excluding hydrogens is 174 g/mol. The third-order valence-corrected chi connectivity index (χ3v) is 1.00. The second-order valence-electron chi connectivity index (χ2n) is 2.07. The summed E-state index contributed by atoms with van der Waals surface area (Å²) in [6.07, 6.45) is -0.944. The van der Waals surface area contributed by atoms with Gasteiger partial charge >= 0.3 is 0 Å². The first-order valence-corrected chi connectivity index (χ1v) is 2.72. The van der Waals surface area contributed by atoms with Gasteiger partial charge in [0.1, 0.15) is 0 Å². The minimum absolute atomic E-state index is 0. The van der Waals surface area contributed by atoms with E-state index in [4.69, 9.17) is 15.6 Å². The van der Waals surface area contributed by atoms with E-state index in [1.54, 1.807) is 0 Å². The molecule has 0 bridgehead atoms. The van der Waals surface area contributed by atoms with Gasteiger partial charge in [0.25, 0.3) is 0 Å². The second kappa shape index (κ2) is 5.67. The first-order valence-electron chi connectivity index (χ1n) is 2.72. The van der Waals surface area contributed by atoms with Crippen LogP contribution in [0.4, 0.5) is 0 Å². The lowest BCUT2D eigenvalue weighted by atomic mass is 10.7. The molecule has 0 saturated carbocycles. The molecule has 6 nitrogen and oxygen atoms in total. The van der Waals surface area contributed by atoms with Gasteiger partial charge in [0.2, 0.25) is 0 Å². The molecule has 0 spiro atoms. The summed E-state index contributed by atoms with van der Waals surface area (Å²) in [5.41, 5.74) is 0. The zero-order chi connectivity index (χ0) is 8.31. The summed E-state index contributed by atoms with van der Waals surface area (Å²) in [4.78, 5) is 0. The van der Waals surface area contributed by atoms with E-state index in [-0.39, 0.29) is 12.4 Å². The summed E-state index contributed by atoms with van der Waals surface area (Å²) < 4.78 is 0. The Labute approximate surface area is 71.5 Å². The molecule has 7 heteroatoms. The van der Waals surface area contributed by atoms with Gasteiger partial charge in [-0.05, 0) is 0 Å². The van der Waals surface area contributed by atoms with Crippen molar-refractivity contribution < 1.29 is 15.6 Å². The molecule has 3 N–H and O–H groups in total. The van der Waals surface area contributed by atoms with Crippen molar-refractivity contribution in [2.45, 2.75) is 6.29 Å². The molecule has 0 amide bonds. The number of hydroxylamine groups is 6. The van der Waals surface area contributed by atoms with Crippen LogP contribution in [0.3, 0.4) is 0 Å². The van der Waals surface area contributed by atoms with E-state index in [2.05, 4.69) is 0 Å². The topological polar surface area (TPSA) is 70.4 Å². The van der Waals surface area contributed by atoms with Crippen LogP contribution >= 0.6 is 12.4 Å². The van der Waals surface area contributed by atoms with E-state index >= 15 is 0 Å². The second-order valence-corrected chi connectivity index (χ2v) is 2.07. The Bertz CT molecular complexity index is 81.6. The van der Waals surface area contributed by atoms with Crippen molar-refractivity contribution in [3.8, 4) is 0 Å². The van der Waals surface area contributed by atoms with Crippen LogP contribution in [-0.4, -0.2) is 58.2 Å². The summed E-state index contributed by atoms with van der Waals surface area (Å²) in [6.45, 7) is 0. The van der Waals surface area contributed by atoms with Gasteiger partial charge in [0.05, 0.1) is 0 Å². The van der Waals surface area contributed by atoms with E-state index in [0.29, 0.717) is 15.2 Å². The van der Waals surface area contributed by atoms with Crippen LogP contribution in [0.2, 0.25) is 0 Å². The first kappa shape index (κ1) is 13.6. The summed E-state index contributed by atoms with van der Waals surface area (Å²) in [5.74, 6) is 0. The number of hydrogen-bond donors (Lipinski definition) is 3. The number of nitrogens with zero attached hydrogens (tertiary/aromatic N) is 3. The normalized spacial score (nSPS) is 11.5. The molecule has 0 aromatic carbocycles. The molecule has 0 aromatic rings. The van der Waals surface area contributed by atoms with Crippen LogP contribution in [-0.2, 0) is 0 Å². The van der Waals surface area contributed by atoms with Gasteiger partial charge < -0.3 is 15.6 Å². The Morgan fingerprint density at radius 2 is 1.00 bits per heavy atom. The van der Waals surface area contributed by atoms with Gasteiger partial charge in [-0.1, -0.05) is 0 Å². The molecule has 0 atom stereocenters. The first-order chi connectivity index (χ1) is 4.46. The molecule has 0 heterocycles. The third kappa shape index (κ3) is 4.49. The van der Waals surface area contributed by atoms with Crippen molar-refractivity contribution in [3.05, 3.63) is 0 Å². The van der Waals surface area contributed by atoms with Crippen LogP contribution in [0.25, 0.3) is 0 Å². The smallest absolute Gasteiger partial charge is 0.184 e. The van der Waals surface area contributed by atoms with E-state index in [9.17, 15) is 0 Å². The van der Waals surface area contributed by atoms with Gasteiger partial charge in [-0.3, -0.25) is 0 Å². The highest BCUT2D eigenvalue weighted by Gasteiger charge is 2.20. The monoisotopic (exact) mass is 187 g/mol. The van der Waals surface area contributed by atoms with Crippen LogP contribution in [0.1, 0.15) is 0 Å². The minimum atomic E-state index is -0.944. The zero-order valence-electron chi connectivity index (χ0n) is 6.67. The SMILES string of the molecule is CN(O)C(N(C)O)N(C)O.Cl. The Morgan fingerprint density at radius 3 is 1.00 bits per heavy atom. The highest BCUT2D eigenvalue weighted by atomic mass is 35.5. The van der Waals surface area contributed by atoms with Crippen LogP contribution < -0.4 is 0 Å². The van der Waals surface area contributed by atoms with Crippen molar-refractivity contribution in [1.82, 2.24) is 15.2 Å². The molecule has 0 aromatic heterocycles. The molecule has 0 saturated heterocycles. The van der Waals surface area contributed by atoms with Gasteiger partial charge in [-0.15, -0.1) is 12.4 Å². The quantitative estimate of drug-likeness (QED) is 0.415. The summed E-state index contributed by atoms with van der Waals surface area (Å²) in [7, 11) is 3.93. The summed E-state index contributed by atoms with van der Waals surface area (Å²) >= 11 is 0. The number of halogens is 1. The fourth-order valence-corrected chi connectivity index (χ4v) is 0.726. The van der Waals surface area contributed by atoms with E-state index in [1.165, 1.54) is 21.1 Å². The van der Waals surface area contributed by atoms with Gasteiger partial charge in [0, 0.05) is 21.1 Å². The Hall–Kier alpha value is 0.0500. The average Bonchev–Trinajstić information content (AvgIpc) is 1.59. The summed E-state index contributed by atoms with van der Waals surface area (Å²) in [5, 5.41) is 28.3. The van der Waals surface area contributed by atoms with Crippen molar-refractivity contribution >= 4 is 12.4 Å². The lowest BCUT2D eigenvalue weighted by Gasteiger charge is -2.30. The maximum atomic E-state index is 8.78. The van der Waals surface area contributed by atoms with Crippen molar-refractivity contribution in [1.29, 1.82) is 0 Å². The molecular formula is C4H14ClN3O3. The van der Waals surface area contributed by atoms with Crippen molar-refractivity contribution in [2.24, 2.45) is 0 Å². The average molecular weight is 188 g/mol. The van der Waals surface area contributed by atoms with E-state index in [0.717, 1.165) is 0 Å². The van der Waals surface area contributed by atoms with Crippen LogP contribution in [0.15, 0.2) is 0 Å². The lowest BCUT2D eigenvalue weighted by molar-refractivity contribution is -0.330. The van der Waals surface area contributed by atoms with E-state index < -0.39 is 6.29 Å². The van der Waals surface area contributed by atoms with Crippen LogP contribution in [0.5, 0.6) is 0 Å². The van der Waals surface area contributed by atoms with Crippen LogP contribution in [0, 0.1) is 0 Å². The fraction of sp³-hybridized carbons (Fsp3) is 1.00. The molecule has 11 heavy (non-hydrogen) atoms. The maximum Gasteiger partial charge on any atom is 0.184 e. The van der Waals surface area contributed by atoms with E-state index in [1.807, 2.05) is 0 Å². The molecule has 0 aliphatic rings. The molecule has 0 unspecified atom stereocenters. The highest BCUT2D eigenvalue weighted by molar-refractivity contribution is 5.85. The largest absolute Gasteiger partial charge is 0.311 e. The molecule has 0 rings (SSSR count). The van der Waals surface area contributed by atoms with Gasteiger partial charge in [-0.2, -0.15) is 15.2 Å².